The van der Waals surface area contributed by atoms with Gasteiger partial charge in [0, 0.05) is 62.8 Å². The average Bonchev–Trinajstić information content (AvgIpc) is 4.32. The van der Waals surface area contributed by atoms with Gasteiger partial charge in [-0.1, -0.05) is 125 Å². The molecule has 1 aliphatic heterocycles. The van der Waals surface area contributed by atoms with Crippen molar-refractivity contribution in [2.24, 2.45) is 0 Å². The van der Waals surface area contributed by atoms with Crippen molar-refractivity contribution in [2.75, 3.05) is 19.0 Å². The van der Waals surface area contributed by atoms with Crippen LogP contribution < -0.4 is 4.90 Å². The average molecular weight is 1030 g/mol. The van der Waals surface area contributed by atoms with Crippen molar-refractivity contribution in [1.82, 2.24) is 9.13 Å². The summed E-state index contributed by atoms with van der Waals surface area (Å²) in [7, 11) is 4.09. The van der Waals surface area contributed by atoms with E-state index in [-0.39, 0.29) is 5.56 Å². The van der Waals surface area contributed by atoms with E-state index in [1.165, 1.54) is 101 Å². The van der Waals surface area contributed by atoms with Gasteiger partial charge in [0.25, 0.3) is 5.60 Å². The van der Waals surface area contributed by atoms with E-state index in [4.69, 9.17) is 4.74 Å². The Morgan fingerprint density at radius 2 is 1.19 bits per heavy atom. The lowest BCUT2D eigenvalue weighted by Gasteiger charge is -2.33. The molecule has 0 bridgehead atoms. The molecule has 0 spiro atoms. The second-order valence-corrected chi connectivity index (χ2v) is 21.6. The zero-order valence-electron chi connectivity index (χ0n) is 42.4. The van der Waals surface area contributed by atoms with Crippen LogP contribution in [0.3, 0.4) is 0 Å². The predicted octanol–water partition coefficient (Wildman–Crippen LogP) is 17.6. The number of nitrogens with zero attached hydrogens (tertiary/aromatic N) is 6. The number of unbranched alkanes of at least 4 members (excludes halogenated alkanes) is 6. The Morgan fingerprint density at radius 1 is 0.640 bits per heavy atom. The monoisotopic (exact) mass is 1030 g/mol. The quantitative estimate of drug-likeness (QED) is 0.0669. The first kappa shape index (κ1) is 50.7. The van der Waals surface area contributed by atoms with Gasteiger partial charge < -0.3 is 18.8 Å². The summed E-state index contributed by atoms with van der Waals surface area (Å²) in [5.41, 5.74) is 5.62. The third-order valence-electron chi connectivity index (χ3n) is 14.4. The molecule has 4 aromatic heterocycles. The van der Waals surface area contributed by atoms with Crippen LogP contribution in [0.5, 0.6) is 0 Å². The Bertz CT molecular complexity index is 3790. The number of aromatic nitrogens is 2. The van der Waals surface area contributed by atoms with E-state index >= 15 is 13.2 Å². The van der Waals surface area contributed by atoms with Crippen molar-refractivity contribution in [2.45, 2.75) is 89.8 Å². The first-order chi connectivity index (χ1) is 36.4. The van der Waals surface area contributed by atoms with Crippen LogP contribution in [0.1, 0.15) is 86.8 Å². The van der Waals surface area contributed by atoms with Crippen molar-refractivity contribution in [3.63, 3.8) is 0 Å². The highest BCUT2D eigenvalue weighted by atomic mass is 32.1. The first-order valence-electron chi connectivity index (χ1n) is 25.6. The van der Waals surface area contributed by atoms with E-state index in [9.17, 15) is 15.8 Å². The summed E-state index contributed by atoms with van der Waals surface area (Å²) in [4.78, 5) is 3.90. The van der Waals surface area contributed by atoms with Crippen LogP contribution in [0, 0.1) is 34.0 Å². The zero-order chi connectivity index (χ0) is 52.4. The molecule has 0 saturated heterocycles. The smallest absolute Gasteiger partial charge is 0.437 e. The van der Waals surface area contributed by atoms with Gasteiger partial charge in [0.1, 0.15) is 23.8 Å². The van der Waals surface area contributed by atoms with Gasteiger partial charge in [0.2, 0.25) is 0 Å². The second kappa shape index (κ2) is 21.2. The first-order valence-corrected chi connectivity index (χ1v) is 27.3. The number of rotatable bonds is 17. The Morgan fingerprint density at radius 3 is 1.69 bits per heavy atom. The molecular weight excluding hydrogens is 978 g/mol. The van der Waals surface area contributed by atoms with Gasteiger partial charge in [0.15, 0.2) is 11.3 Å². The third-order valence-corrected chi connectivity index (χ3v) is 16.7. The number of anilines is 1. The lowest BCUT2D eigenvalue weighted by molar-refractivity contribution is -0.249. The van der Waals surface area contributed by atoms with E-state index in [1.54, 1.807) is 35.6 Å². The minimum absolute atomic E-state index is 0.291. The molecule has 0 aliphatic carbocycles. The summed E-state index contributed by atoms with van der Waals surface area (Å²) in [5, 5.41) is 32.3. The van der Waals surface area contributed by atoms with Gasteiger partial charge in [-0.3, -0.25) is 0 Å². The second-order valence-electron chi connectivity index (χ2n) is 19.4. The van der Waals surface area contributed by atoms with Crippen LogP contribution in [-0.2, 0) is 23.2 Å². The number of allylic oxidation sites excluding steroid dienone is 2. The molecule has 5 heterocycles. The fourth-order valence-electron chi connectivity index (χ4n) is 10.5. The Kier molecular flexibility index (Phi) is 14.3. The summed E-state index contributed by atoms with van der Waals surface area (Å²) in [6.07, 6.45) is 9.18. The van der Waals surface area contributed by atoms with Gasteiger partial charge in [-0.05, 0) is 109 Å². The van der Waals surface area contributed by atoms with E-state index in [0.717, 1.165) is 85.8 Å². The molecule has 12 heteroatoms. The molecule has 1 aliphatic rings. The number of alkyl halides is 3. The SMILES string of the molecule is CCCCCCc1ccc(-n2c3cc4c5sc(-c6ccc(N(C)C)cc6)cc5n(-c5ccc(CCCCCC)cc5)c4cc3c3sc(/C=C/C4=C(C#N)C(=C(C#N)C#N)OC4(c4ccccc4)C(F)(F)F)cc32)cc1. The van der Waals surface area contributed by atoms with E-state index in [1.807, 2.05) is 26.2 Å². The Labute approximate surface area is 443 Å². The molecule has 1 unspecified atom stereocenters. The molecule has 0 fully saturated rings. The number of hydrogen-bond acceptors (Lipinski definition) is 7. The minimum Gasteiger partial charge on any atom is -0.465 e. The van der Waals surface area contributed by atoms with Crippen molar-refractivity contribution in [3.05, 3.63) is 178 Å². The van der Waals surface area contributed by atoms with Gasteiger partial charge in [-0.2, -0.15) is 29.0 Å². The number of fused-ring (bicyclic) bond motifs is 6. The summed E-state index contributed by atoms with van der Waals surface area (Å²) in [5.74, 6) is -0.700. The maximum Gasteiger partial charge on any atom is 0.437 e. The number of hydrogen-bond donors (Lipinski definition) is 0. The number of nitriles is 3. The van der Waals surface area contributed by atoms with Crippen LogP contribution >= 0.6 is 22.7 Å². The normalized spacial score (nSPS) is 14.9. The van der Waals surface area contributed by atoms with Crippen LogP contribution in [0.4, 0.5) is 18.9 Å². The molecule has 9 aromatic rings. The summed E-state index contributed by atoms with van der Waals surface area (Å²) in [6.45, 7) is 4.44. The molecule has 1 atom stereocenters. The van der Waals surface area contributed by atoms with Gasteiger partial charge in [0.05, 0.1) is 31.5 Å². The largest absolute Gasteiger partial charge is 0.465 e. The van der Waals surface area contributed by atoms with Crippen LogP contribution in [0.25, 0.3) is 70.1 Å². The fraction of sp³-hybridized carbons (Fsp3) is 0.254. The number of aryl methyl sites for hydroxylation is 2. The Hall–Kier alpha value is -7.82. The van der Waals surface area contributed by atoms with Crippen LogP contribution in [0.15, 0.2) is 156 Å². The van der Waals surface area contributed by atoms with Crippen LogP contribution in [0.2, 0.25) is 0 Å². The lowest BCUT2D eigenvalue weighted by Crippen LogP contribution is -2.43. The standard InChI is InChI=1S/C63H55F3N6OS2/c1-5-7-9-12-16-41-20-26-47(27-21-41)71-54-36-51-55(72(48-28-22-42(23-29-48)17-13-10-8-6-2)57-37-58(75-61(51)57)43-24-30-46(31-25-43)70(3)4)35-50(54)60-56(71)34-49(74-60)32-33-53-52(40-69)59(44(38-67)39-68)73-62(53,63(64,65)66)45-18-14-11-15-19-45/h11,14-15,18-37H,5-10,12-13,16-17H2,1-4H3/b33-32+. The predicted molar refractivity (Wildman–Crippen MR) is 302 cm³/mol. The van der Waals surface area contributed by atoms with Crippen LogP contribution in [-0.4, -0.2) is 29.4 Å². The zero-order valence-corrected chi connectivity index (χ0v) is 44.0. The molecule has 0 saturated carbocycles. The fourth-order valence-corrected chi connectivity index (χ4v) is 12.8. The number of benzene rings is 5. The van der Waals surface area contributed by atoms with Crippen molar-refractivity contribution in [1.29, 1.82) is 15.8 Å². The molecule has 75 heavy (non-hydrogen) atoms. The number of ether oxygens (including phenoxy) is 1. The summed E-state index contributed by atoms with van der Waals surface area (Å²) >= 11 is 3.23. The van der Waals surface area contributed by atoms with Crippen molar-refractivity contribution >= 4 is 76.7 Å². The lowest BCUT2D eigenvalue weighted by atomic mass is 9.84. The summed E-state index contributed by atoms with van der Waals surface area (Å²) in [6, 6.07) is 47.4. The van der Waals surface area contributed by atoms with E-state index < -0.39 is 34.3 Å². The minimum atomic E-state index is -5.11. The topological polar surface area (TPSA) is 93.7 Å². The molecular formula is C63H55F3N6OS2. The Balaban J connectivity index is 1.18. The highest BCUT2D eigenvalue weighted by Crippen LogP contribution is 2.56. The summed E-state index contributed by atoms with van der Waals surface area (Å²) < 4.78 is 59.8. The van der Waals surface area contributed by atoms with Crippen molar-refractivity contribution < 1.29 is 17.9 Å². The molecule has 5 aromatic carbocycles. The highest BCUT2D eigenvalue weighted by molar-refractivity contribution is 7.23. The number of thiophene rings is 2. The molecule has 10 rings (SSSR count). The number of halogens is 3. The van der Waals surface area contributed by atoms with Gasteiger partial charge in [-0.25, -0.2) is 0 Å². The maximum atomic E-state index is 15.8. The van der Waals surface area contributed by atoms with Gasteiger partial charge >= 0.3 is 6.18 Å². The molecule has 376 valence electrons. The molecule has 0 radical (unpaired) electrons. The van der Waals surface area contributed by atoms with Gasteiger partial charge in [-0.15, -0.1) is 22.7 Å². The van der Waals surface area contributed by atoms with E-state index in [2.05, 4.69) is 119 Å². The van der Waals surface area contributed by atoms with E-state index in [0.29, 0.717) is 4.88 Å². The third kappa shape index (κ3) is 9.30. The maximum absolute atomic E-state index is 15.8. The molecule has 0 amide bonds. The molecule has 0 N–H and O–H groups in total. The highest BCUT2D eigenvalue weighted by Gasteiger charge is 2.65. The van der Waals surface area contributed by atoms with Crippen molar-refractivity contribution in [3.8, 4) is 40.0 Å². The molecule has 7 nitrogen and oxygen atoms in total.